The van der Waals surface area contributed by atoms with E-state index in [1.54, 1.807) is 0 Å². The van der Waals surface area contributed by atoms with Crippen LogP contribution in [0.1, 0.15) is 0 Å². The van der Waals surface area contributed by atoms with E-state index in [0.29, 0.717) is 0 Å². The Kier molecular flexibility index (Phi) is 1.52. The molecule has 0 N–H and O–H groups in total. The summed E-state index contributed by atoms with van der Waals surface area (Å²) in [6.07, 6.45) is -1.54. The van der Waals surface area contributed by atoms with Crippen LogP contribution >= 0.6 is 38.4 Å². The topological polar surface area (TPSA) is 0 Å². The van der Waals surface area contributed by atoms with Crippen LogP contribution in [0.25, 0.3) is 0 Å². The van der Waals surface area contributed by atoms with Crippen molar-refractivity contribution in [3.63, 3.8) is 0 Å². The van der Waals surface area contributed by atoms with E-state index in [4.69, 9.17) is 37.9 Å². The Labute approximate surface area is 50.8 Å². The molecular weight excluding hydrogens is 162 g/mol. The molecule has 0 spiro atoms. The van der Waals surface area contributed by atoms with E-state index in [0.717, 1.165) is 0 Å². The zero-order valence-electron chi connectivity index (χ0n) is 3.12. The monoisotopic (exact) mass is 165 g/mol. The molecule has 0 amide bonds. The molecule has 0 aliphatic rings. The van der Waals surface area contributed by atoms with E-state index in [1.165, 1.54) is 6.26 Å². The van der Waals surface area contributed by atoms with Gasteiger partial charge in [0.2, 0.25) is 0 Å². The number of halogens is 3. The molecule has 0 atom stereocenters. The van der Waals surface area contributed by atoms with Crippen LogP contribution in [0.15, 0.2) is 0 Å². The van der Waals surface area contributed by atoms with Gasteiger partial charge in [0.15, 0.2) is 0 Å². The molecular formula is C2H4Cl3S. The second-order valence-corrected chi connectivity index (χ2v) is 12.0. The molecule has 0 aliphatic heterocycles. The first-order valence-corrected chi connectivity index (χ1v) is 6.10. The van der Waals surface area contributed by atoms with Gasteiger partial charge >= 0.3 is 0 Å². The van der Waals surface area contributed by atoms with Gasteiger partial charge in [0, 0.05) is 0 Å². The molecule has 0 fully saturated rings. The maximum atomic E-state index is 5.20. The van der Waals surface area contributed by atoms with Crippen molar-refractivity contribution in [3.8, 4) is 0 Å². The van der Waals surface area contributed by atoms with Crippen molar-refractivity contribution in [3.05, 3.63) is 0 Å². The largest absolute Gasteiger partial charge is 0.0423 e. The highest BCUT2D eigenvalue weighted by atomic mass is 36.2. The summed E-state index contributed by atoms with van der Waals surface area (Å²) in [6, 6.07) is 0. The lowest BCUT2D eigenvalue weighted by atomic mass is 11.9. The first-order chi connectivity index (χ1) is 2.24. The maximum Gasteiger partial charge on any atom is -0.00105 e. The minimum absolute atomic E-state index is 1.39. The normalized spacial score (nSPS) is 19.0. The number of hydrogen-bond donors (Lipinski definition) is 0. The fourth-order valence-corrected chi connectivity index (χ4v) is 0. The van der Waals surface area contributed by atoms with Crippen molar-refractivity contribution >= 4 is 44.3 Å². The van der Waals surface area contributed by atoms with Crippen molar-refractivity contribution in [1.29, 1.82) is 0 Å². The third kappa shape index (κ3) is 71.7. The van der Waals surface area contributed by atoms with Gasteiger partial charge in [-0.3, -0.25) is 0 Å². The Bertz CT molecular complexity index is 86.5. The minimum Gasteiger partial charge on any atom is -0.0423 e. The quantitative estimate of drug-likeness (QED) is 0.486. The third-order valence-corrected chi connectivity index (χ3v) is 0. The summed E-state index contributed by atoms with van der Waals surface area (Å²) in [4.78, 5) is 0. The highest BCUT2D eigenvalue weighted by Gasteiger charge is 2.09. The highest BCUT2D eigenvalue weighted by molar-refractivity contribution is 8.88. The first-order valence-electron chi connectivity index (χ1n) is 1.11. The van der Waals surface area contributed by atoms with Crippen molar-refractivity contribution in [1.82, 2.24) is 0 Å². The molecule has 4 heteroatoms. The lowest BCUT2D eigenvalue weighted by molar-refractivity contribution is 2.50. The van der Waals surface area contributed by atoms with Crippen molar-refractivity contribution in [2.24, 2.45) is 0 Å². The second-order valence-electron chi connectivity index (χ2n) is 1.14. The van der Waals surface area contributed by atoms with Crippen LogP contribution in [0, 0.1) is 0 Å². The highest BCUT2D eigenvalue weighted by Crippen LogP contribution is 2.68. The molecule has 1 radical (unpaired) electrons. The van der Waals surface area contributed by atoms with Gasteiger partial charge in [0.1, 0.15) is 0 Å². The molecule has 0 aliphatic carbocycles. The summed E-state index contributed by atoms with van der Waals surface area (Å²) >= 11 is 0. The van der Waals surface area contributed by atoms with Gasteiger partial charge in [0.05, 0.1) is 0 Å². The van der Waals surface area contributed by atoms with Gasteiger partial charge in [0.25, 0.3) is 0 Å². The SMILES string of the molecule is [CH]=S(C)(Cl)(Cl)Cl. The van der Waals surface area contributed by atoms with E-state index in [2.05, 4.69) is 0 Å². The first kappa shape index (κ1) is 7.09. The lowest BCUT2D eigenvalue weighted by Crippen LogP contribution is -1.67. The summed E-state index contributed by atoms with van der Waals surface area (Å²) in [5.74, 6) is 5.00. The average Bonchev–Trinajstić information content (AvgIpc) is 0.650. The Hall–Kier alpha value is 1.09. The van der Waals surface area contributed by atoms with Crippen LogP contribution < -0.4 is 0 Å². The van der Waals surface area contributed by atoms with E-state index in [-0.39, 0.29) is 0 Å². The lowest BCUT2D eigenvalue weighted by Gasteiger charge is -2.16. The van der Waals surface area contributed by atoms with Crippen LogP contribution in [0.2, 0.25) is 0 Å². The van der Waals surface area contributed by atoms with Crippen molar-refractivity contribution in [2.45, 2.75) is 0 Å². The molecule has 0 aromatic heterocycles. The standard InChI is InChI=1S/C2H4Cl3S/c1-6(2,3,4)5/h1H,2H3. The van der Waals surface area contributed by atoms with Gasteiger partial charge in [-0.15, -0.1) is 0 Å². The molecule has 0 nitrogen and oxygen atoms in total. The Balaban J connectivity index is 4.16. The molecule has 0 aromatic carbocycles. The maximum absolute atomic E-state index is 5.20. The van der Waals surface area contributed by atoms with Gasteiger partial charge in [-0.2, -0.15) is 0 Å². The Morgan fingerprint density at radius 3 is 1.33 bits per heavy atom. The summed E-state index contributed by atoms with van der Waals surface area (Å²) in [6.45, 7) is 0. The van der Waals surface area contributed by atoms with Crippen LogP contribution in [-0.2, 0) is 0 Å². The smallest absolute Gasteiger partial charge is 0.00105 e. The van der Waals surface area contributed by atoms with Crippen molar-refractivity contribution in [2.75, 3.05) is 6.26 Å². The van der Waals surface area contributed by atoms with Gasteiger partial charge in [-0.1, -0.05) is 0 Å². The minimum atomic E-state index is -2.93. The van der Waals surface area contributed by atoms with Crippen LogP contribution in [0.3, 0.4) is 0 Å². The van der Waals surface area contributed by atoms with Gasteiger partial charge in [-0.25, -0.2) is 0 Å². The van der Waals surface area contributed by atoms with Crippen molar-refractivity contribution < 1.29 is 0 Å². The molecule has 0 saturated carbocycles. The second kappa shape index (κ2) is 1.28. The fourth-order valence-electron chi connectivity index (χ4n) is 0. The van der Waals surface area contributed by atoms with E-state index in [1.807, 2.05) is 0 Å². The predicted molar refractivity (Wildman–Crippen MR) is 37.1 cm³/mol. The fraction of sp³-hybridized carbons (Fsp3) is 0.500. The van der Waals surface area contributed by atoms with Crippen LogP contribution in [-0.4, -0.2) is 12.1 Å². The van der Waals surface area contributed by atoms with E-state index >= 15 is 0 Å². The summed E-state index contributed by atoms with van der Waals surface area (Å²) in [5.41, 5.74) is 0. The molecule has 39 valence electrons. The third-order valence-electron chi connectivity index (χ3n) is 0. The predicted octanol–water partition coefficient (Wildman–Crippen LogP) is 2.73. The van der Waals surface area contributed by atoms with Crippen LogP contribution in [0.5, 0.6) is 0 Å². The zero-order chi connectivity index (χ0) is 5.45. The Morgan fingerprint density at radius 1 is 1.33 bits per heavy atom. The molecule has 6 heavy (non-hydrogen) atoms. The molecule has 0 rings (SSSR count). The molecule has 0 unspecified atom stereocenters. The van der Waals surface area contributed by atoms with Gasteiger partial charge in [-0.05, 0) is 50.6 Å². The summed E-state index contributed by atoms with van der Waals surface area (Å²) in [7, 11) is 15.6. The van der Waals surface area contributed by atoms with Crippen LogP contribution in [0.4, 0.5) is 0 Å². The van der Waals surface area contributed by atoms with Gasteiger partial charge < -0.3 is 0 Å². The zero-order valence-corrected chi connectivity index (χ0v) is 6.20. The summed E-state index contributed by atoms with van der Waals surface area (Å²) in [5, 5.41) is 0. The molecule has 0 bridgehead atoms. The van der Waals surface area contributed by atoms with E-state index < -0.39 is 6.39 Å². The molecule has 0 heterocycles. The average molecular weight is 166 g/mol. The number of rotatable bonds is 0. The molecule has 0 saturated heterocycles. The molecule has 0 aromatic rings. The number of hydrogen-bond acceptors (Lipinski definition) is 0. The van der Waals surface area contributed by atoms with E-state index in [9.17, 15) is 0 Å². The Morgan fingerprint density at radius 2 is 1.33 bits per heavy atom. The summed E-state index contributed by atoms with van der Waals surface area (Å²) < 4.78 is 0.